The Morgan fingerprint density at radius 3 is 2.39 bits per heavy atom. The Bertz CT molecular complexity index is 1570. The zero-order chi connectivity index (χ0) is 27.0. The largest absolute Gasteiger partial charge is 0.386 e. The van der Waals surface area contributed by atoms with Crippen LogP contribution in [0.15, 0.2) is 83.8 Å². The van der Waals surface area contributed by atoms with E-state index in [4.69, 9.17) is 11.6 Å². The lowest BCUT2D eigenvalue weighted by Gasteiger charge is -2.23. The molecule has 0 radical (unpaired) electrons. The zero-order valence-electron chi connectivity index (χ0n) is 20.8. The van der Waals surface area contributed by atoms with Crippen molar-refractivity contribution in [1.82, 2.24) is 15.2 Å². The molecule has 3 N–H and O–H groups in total. The molecule has 0 fully saturated rings. The van der Waals surface area contributed by atoms with Crippen molar-refractivity contribution in [2.24, 2.45) is 0 Å². The molecular formula is C29H26ClN3O4S. The number of aliphatic hydroxyl groups is 1. The zero-order valence-corrected chi connectivity index (χ0v) is 22.3. The first-order valence-electron chi connectivity index (χ1n) is 12.1. The first-order chi connectivity index (χ1) is 18.1. The van der Waals surface area contributed by atoms with Crippen LogP contribution < -0.4 is 16.2 Å². The molecule has 0 saturated carbocycles. The molecule has 0 aliphatic heterocycles. The average molecular weight is 548 g/mol. The molecule has 2 amide bonds. The lowest BCUT2D eigenvalue weighted by atomic mass is 9.91. The number of carbonyl (C=O) groups excluding carboxylic acids is 2. The molecule has 0 unspecified atom stereocenters. The quantitative estimate of drug-likeness (QED) is 0.328. The number of amides is 2. The third-order valence-electron chi connectivity index (χ3n) is 6.66. The van der Waals surface area contributed by atoms with Gasteiger partial charge in [-0.2, -0.15) is 0 Å². The normalized spacial score (nSPS) is 16.6. The van der Waals surface area contributed by atoms with Crippen molar-refractivity contribution in [2.45, 2.75) is 38.0 Å². The van der Waals surface area contributed by atoms with E-state index in [-0.39, 0.29) is 17.4 Å². The molecular weight excluding hydrogens is 522 g/mol. The van der Waals surface area contributed by atoms with Crippen molar-refractivity contribution < 1.29 is 14.7 Å². The van der Waals surface area contributed by atoms with Gasteiger partial charge in [0.2, 0.25) is 0 Å². The van der Waals surface area contributed by atoms with Gasteiger partial charge in [-0.05, 0) is 79.4 Å². The van der Waals surface area contributed by atoms with E-state index in [1.165, 1.54) is 22.0 Å². The van der Waals surface area contributed by atoms with E-state index in [0.29, 0.717) is 26.9 Å². The molecule has 5 rings (SSSR count). The molecule has 1 aliphatic carbocycles. The van der Waals surface area contributed by atoms with Gasteiger partial charge in [-0.1, -0.05) is 35.9 Å². The molecule has 4 aromatic rings. The van der Waals surface area contributed by atoms with Gasteiger partial charge in [-0.15, -0.1) is 11.3 Å². The summed E-state index contributed by atoms with van der Waals surface area (Å²) >= 11 is 7.21. The van der Waals surface area contributed by atoms with Crippen molar-refractivity contribution in [3.8, 4) is 5.69 Å². The fourth-order valence-electron chi connectivity index (χ4n) is 4.88. The number of aromatic nitrogens is 1. The van der Waals surface area contributed by atoms with Crippen LogP contribution in [-0.2, 0) is 12.0 Å². The predicted octanol–water partition coefficient (Wildman–Crippen LogP) is 4.61. The number of rotatable bonds is 6. The number of benzene rings is 2. The summed E-state index contributed by atoms with van der Waals surface area (Å²) in [5.41, 5.74) is 2.31. The van der Waals surface area contributed by atoms with E-state index in [9.17, 15) is 19.5 Å². The van der Waals surface area contributed by atoms with Crippen molar-refractivity contribution in [2.75, 3.05) is 0 Å². The summed E-state index contributed by atoms with van der Waals surface area (Å²) in [6.07, 6.45) is 2.11. The third-order valence-corrected chi connectivity index (χ3v) is 7.89. The maximum Gasteiger partial charge on any atom is 0.261 e. The van der Waals surface area contributed by atoms with Crippen molar-refractivity contribution in [3.63, 3.8) is 0 Å². The van der Waals surface area contributed by atoms with Gasteiger partial charge in [0.25, 0.3) is 17.4 Å². The third kappa shape index (κ3) is 5.15. The number of thiophene rings is 1. The highest BCUT2D eigenvalue weighted by molar-refractivity contribution is 7.18. The van der Waals surface area contributed by atoms with Gasteiger partial charge < -0.3 is 15.7 Å². The van der Waals surface area contributed by atoms with Gasteiger partial charge in [0, 0.05) is 23.5 Å². The summed E-state index contributed by atoms with van der Waals surface area (Å²) in [7, 11) is 0. The number of pyridine rings is 1. The molecule has 2 heterocycles. The van der Waals surface area contributed by atoms with Crippen LogP contribution in [0.5, 0.6) is 0 Å². The second-order valence-electron chi connectivity index (χ2n) is 9.73. The molecule has 194 valence electrons. The van der Waals surface area contributed by atoms with E-state index in [1.54, 1.807) is 68.6 Å². The molecule has 1 aliphatic rings. The maximum absolute atomic E-state index is 13.4. The highest BCUT2D eigenvalue weighted by Gasteiger charge is 2.38. The van der Waals surface area contributed by atoms with E-state index >= 15 is 0 Å². The van der Waals surface area contributed by atoms with Crippen LogP contribution in [0.3, 0.4) is 0 Å². The standard InChI is InChI=1S/C29H26ClN3O4S/c1-29(2,37)21-7-5-6-19-20(21)16-22(31-28(36)23-13-14-24(30)38-23)26(19)32-27(35)17-9-11-18(12-10-17)33-15-4-3-8-25(33)34/h3-15,22,26,37H,16H2,1-2H3,(H,31,36)(H,32,35)/t22-,26+/m1/s1. The van der Waals surface area contributed by atoms with Crippen LogP contribution in [0.4, 0.5) is 0 Å². The highest BCUT2D eigenvalue weighted by Crippen LogP contribution is 2.38. The molecule has 2 aromatic heterocycles. The van der Waals surface area contributed by atoms with Crippen molar-refractivity contribution in [3.05, 3.63) is 121 Å². The number of hydrogen-bond donors (Lipinski definition) is 3. The number of fused-ring (bicyclic) bond motifs is 1. The average Bonchev–Trinajstić information content (AvgIpc) is 3.47. The Morgan fingerprint density at radius 2 is 1.74 bits per heavy atom. The number of hydrogen-bond acceptors (Lipinski definition) is 5. The summed E-state index contributed by atoms with van der Waals surface area (Å²) in [5.74, 6) is -0.594. The summed E-state index contributed by atoms with van der Waals surface area (Å²) < 4.78 is 2.01. The molecule has 9 heteroatoms. The fraction of sp³-hybridized carbons (Fsp3) is 0.207. The Hall–Kier alpha value is -3.72. The van der Waals surface area contributed by atoms with Crippen LogP contribution in [0, 0.1) is 0 Å². The molecule has 7 nitrogen and oxygen atoms in total. The van der Waals surface area contributed by atoms with Crippen LogP contribution in [-0.4, -0.2) is 27.5 Å². The molecule has 0 spiro atoms. The first-order valence-corrected chi connectivity index (χ1v) is 13.3. The van der Waals surface area contributed by atoms with Crippen molar-refractivity contribution in [1.29, 1.82) is 0 Å². The van der Waals surface area contributed by atoms with E-state index < -0.39 is 17.7 Å². The van der Waals surface area contributed by atoms with Gasteiger partial charge in [0.1, 0.15) is 0 Å². The van der Waals surface area contributed by atoms with Gasteiger partial charge in [0.05, 0.1) is 26.9 Å². The molecule has 0 bridgehead atoms. The Kier molecular flexibility index (Phi) is 6.96. The lowest BCUT2D eigenvalue weighted by Crippen LogP contribution is -2.44. The van der Waals surface area contributed by atoms with Gasteiger partial charge in [-0.3, -0.25) is 19.0 Å². The van der Waals surface area contributed by atoms with Gasteiger partial charge in [0.15, 0.2) is 0 Å². The minimum atomic E-state index is -1.09. The fourth-order valence-corrected chi connectivity index (χ4v) is 5.83. The minimum absolute atomic E-state index is 0.166. The topological polar surface area (TPSA) is 100 Å². The number of halogens is 1. The minimum Gasteiger partial charge on any atom is -0.386 e. The number of nitrogens with one attached hydrogen (secondary N) is 2. The van der Waals surface area contributed by atoms with E-state index in [1.807, 2.05) is 18.2 Å². The van der Waals surface area contributed by atoms with E-state index in [2.05, 4.69) is 10.6 Å². The van der Waals surface area contributed by atoms with Crippen LogP contribution >= 0.6 is 22.9 Å². The SMILES string of the molecule is CC(C)(O)c1cccc2c1C[C@@H](NC(=O)c1ccc(Cl)s1)[C@H]2NC(=O)c1ccc(-n2ccccc2=O)cc1. The van der Waals surface area contributed by atoms with Gasteiger partial charge in [-0.25, -0.2) is 0 Å². The monoisotopic (exact) mass is 547 g/mol. The highest BCUT2D eigenvalue weighted by atomic mass is 35.5. The van der Waals surface area contributed by atoms with Crippen LogP contribution in [0.25, 0.3) is 5.69 Å². The predicted molar refractivity (Wildman–Crippen MR) is 148 cm³/mol. The van der Waals surface area contributed by atoms with E-state index in [0.717, 1.165) is 16.7 Å². The van der Waals surface area contributed by atoms with Gasteiger partial charge >= 0.3 is 0 Å². The number of nitrogens with zero attached hydrogens (tertiary/aromatic N) is 1. The second kappa shape index (κ2) is 10.2. The molecule has 38 heavy (non-hydrogen) atoms. The molecule has 2 atom stereocenters. The smallest absolute Gasteiger partial charge is 0.261 e. The molecule has 0 saturated heterocycles. The Labute approximate surface area is 228 Å². The first kappa shape index (κ1) is 25.9. The maximum atomic E-state index is 13.4. The van der Waals surface area contributed by atoms with Crippen LogP contribution in [0.1, 0.15) is 56.6 Å². The molecule has 2 aromatic carbocycles. The Balaban J connectivity index is 1.43. The van der Waals surface area contributed by atoms with Crippen LogP contribution in [0.2, 0.25) is 4.34 Å². The summed E-state index contributed by atoms with van der Waals surface area (Å²) in [6.45, 7) is 3.44. The lowest BCUT2D eigenvalue weighted by molar-refractivity contribution is 0.0776. The summed E-state index contributed by atoms with van der Waals surface area (Å²) in [4.78, 5) is 39.0. The van der Waals surface area contributed by atoms with Crippen molar-refractivity contribution >= 4 is 34.8 Å². The Morgan fingerprint density at radius 1 is 0.974 bits per heavy atom. The second-order valence-corrected chi connectivity index (χ2v) is 11.4. The summed E-state index contributed by atoms with van der Waals surface area (Å²) in [5, 5.41) is 16.9. The summed E-state index contributed by atoms with van der Waals surface area (Å²) in [6, 6.07) is 19.7. The number of carbonyl (C=O) groups is 2.